The third-order valence-electron chi connectivity index (χ3n) is 3.89. The first kappa shape index (κ1) is 18.1. The molecule has 0 saturated heterocycles. The number of pyridine rings is 1. The molecule has 136 valence electrons. The third-order valence-corrected chi connectivity index (χ3v) is 3.89. The van der Waals surface area contributed by atoms with Crippen LogP contribution in [-0.4, -0.2) is 12.1 Å². The summed E-state index contributed by atoms with van der Waals surface area (Å²) in [6, 6.07) is 18.2. The fourth-order valence-electron chi connectivity index (χ4n) is 2.31. The van der Waals surface area contributed by atoms with E-state index >= 15 is 0 Å². The van der Waals surface area contributed by atoms with Crippen molar-refractivity contribution in [1.29, 1.82) is 0 Å². The number of carbonyl (C=O) groups excluding carboxylic acids is 1. The van der Waals surface area contributed by atoms with Gasteiger partial charge in [0, 0.05) is 28.9 Å². The summed E-state index contributed by atoms with van der Waals surface area (Å²) in [5.41, 5.74) is 11.2. The molecule has 0 bridgehead atoms. The maximum atomic E-state index is 12.0. The van der Waals surface area contributed by atoms with Gasteiger partial charge in [-0.2, -0.15) is 5.10 Å². The number of amides is 1. The second kappa shape index (κ2) is 8.62. The standard InChI is InChI=1S/C21H20N4O2/c1-25-12-10-17(11-13-25)15-27-20-8-2-16(3-9-20)14-23-24-21(26)18-4-6-19(22)7-5-18/h2-14H,15H2,1H3,(H2-,22,24,26)/p+1/b23-14+. The van der Waals surface area contributed by atoms with Gasteiger partial charge < -0.3 is 10.5 Å². The Morgan fingerprint density at radius 3 is 2.41 bits per heavy atom. The van der Waals surface area contributed by atoms with Crippen molar-refractivity contribution in [3.63, 3.8) is 0 Å². The predicted molar refractivity (Wildman–Crippen MR) is 104 cm³/mol. The van der Waals surface area contributed by atoms with Crippen LogP contribution in [0.1, 0.15) is 21.5 Å². The van der Waals surface area contributed by atoms with E-state index in [0.717, 1.165) is 16.9 Å². The number of hydrogen-bond donors (Lipinski definition) is 2. The van der Waals surface area contributed by atoms with E-state index in [4.69, 9.17) is 10.5 Å². The zero-order valence-corrected chi connectivity index (χ0v) is 15.0. The van der Waals surface area contributed by atoms with Crippen LogP contribution in [0.2, 0.25) is 0 Å². The molecule has 0 saturated carbocycles. The summed E-state index contributed by atoms with van der Waals surface area (Å²) < 4.78 is 7.74. The van der Waals surface area contributed by atoms with Crippen molar-refractivity contribution in [3.8, 4) is 5.75 Å². The molecule has 0 unspecified atom stereocenters. The molecule has 0 atom stereocenters. The topological polar surface area (TPSA) is 80.6 Å². The number of aromatic nitrogens is 1. The Labute approximate surface area is 157 Å². The lowest BCUT2D eigenvalue weighted by Crippen LogP contribution is -2.26. The van der Waals surface area contributed by atoms with Crippen LogP contribution in [0.15, 0.2) is 78.2 Å². The molecule has 2 aromatic carbocycles. The zero-order valence-electron chi connectivity index (χ0n) is 15.0. The summed E-state index contributed by atoms with van der Waals surface area (Å²) in [6.07, 6.45) is 5.55. The van der Waals surface area contributed by atoms with Gasteiger partial charge >= 0.3 is 0 Å². The molecule has 3 rings (SSSR count). The first-order valence-electron chi connectivity index (χ1n) is 8.46. The number of nitrogen functional groups attached to an aromatic ring is 1. The van der Waals surface area contributed by atoms with Gasteiger partial charge in [0.25, 0.3) is 5.91 Å². The van der Waals surface area contributed by atoms with Crippen molar-refractivity contribution in [2.24, 2.45) is 12.1 Å². The van der Waals surface area contributed by atoms with Gasteiger partial charge in [-0.1, -0.05) is 0 Å². The molecule has 1 amide bonds. The molecule has 0 spiro atoms. The summed E-state index contributed by atoms with van der Waals surface area (Å²) in [5, 5.41) is 3.97. The summed E-state index contributed by atoms with van der Waals surface area (Å²) in [4.78, 5) is 12.0. The minimum Gasteiger partial charge on any atom is -0.489 e. The molecule has 0 aliphatic carbocycles. The van der Waals surface area contributed by atoms with Crippen molar-refractivity contribution in [3.05, 3.63) is 89.7 Å². The molecule has 6 nitrogen and oxygen atoms in total. The second-order valence-corrected chi connectivity index (χ2v) is 6.05. The van der Waals surface area contributed by atoms with Crippen LogP contribution in [0.3, 0.4) is 0 Å². The highest BCUT2D eigenvalue weighted by Gasteiger charge is 2.03. The highest BCUT2D eigenvalue weighted by atomic mass is 16.5. The average Bonchev–Trinajstić information content (AvgIpc) is 2.69. The van der Waals surface area contributed by atoms with Gasteiger partial charge in [-0.15, -0.1) is 0 Å². The van der Waals surface area contributed by atoms with Gasteiger partial charge in [0.2, 0.25) is 0 Å². The Bertz CT molecular complexity index is 918. The van der Waals surface area contributed by atoms with E-state index in [0.29, 0.717) is 17.9 Å². The SMILES string of the molecule is C[n+]1ccc(COc2ccc(/C=N/NC(=O)c3ccc(N)cc3)cc2)cc1. The lowest BCUT2D eigenvalue weighted by molar-refractivity contribution is -0.671. The molecule has 0 radical (unpaired) electrons. The Hall–Kier alpha value is -3.67. The fourth-order valence-corrected chi connectivity index (χ4v) is 2.31. The molecule has 6 heteroatoms. The van der Waals surface area contributed by atoms with Gasteiger partial charge in [-0.05, 0) is 54.1 Å². The highest BCUT2D eigenvalue weighted by Crippen LogP contribution is 2.13. The Kier molecular flexibility index (Phi) is 5.79. The van der Waals surface area contributed by atoms with Crippen LogP contribution in [0.25, 0.3) is 0 Å². The number of hydrogen-bond acceptors (Lipinski definition) is 4. The Morgan fingerprint density at radius 2 is 1.74 bits per heavy atom. The minimum atomic E-state index is -0.289. The number of carbonyl (C=O) groups is 1. The summed E-state index contributed by atoms with van der Waals surface area (Å²) in [6.45, 7) is 0.506. The molecular formula is C21H21N4O2+. The molecule has 1 aromatic heterocycles. The number of anilines is 1. The number of hydrazone groups is 1. The number of nitrogens with two attached hydrogens (primary N) is 1. The third kappa shape index (κ3) is 5.40. The number of rotatable bonds is 6. The van der Waals surface area contributed by atoms with Gasteiger partial charge in [-0.3, -0.25) is 4.79 Å². The summed E-state index contributed by atoms with van der Waals surface area (Å²) >= 11 is 0. The molecule has 0 fully saturated rings. The molecule has 27 heavy (non-hydrogen) atoms. The van der Waals surface area contributed by atoms with Gasteiger partial charge in [-0.25, -0.2) is 9.99 Å². The summed E-state index contributed by atoms with van der Waals surface area (Å²) in [7, 11) is 1.98. The Morgan fingerprint density at radius 1 is 1.07 bits per heavy atom. The van der Waals surface area contributed by atoms with Crippen molar-refractivity contribution in [2.45, 2.75) is 6.61 Å². The monoisotopic (exact) mass is 361 g/mol. The Balaban J connectivity index is 1.50. The van der Waals surface area contributed by atoms with Crippen LogP contribution in [0.4, 0.5) is 5.69 Å². The van der Waals surface area contributed by atoms with E-state index in [1.807, 2.05) is 60.4 Å². The maximum absolute atomic E-state index is 12.0. The molecular weight excluding hydrogens is 340 g/mol. The van der Waals surface area contributed by atoms with E-state index in [1.165, 1.54) is 0 Å². The van der Waals surface area contributed by atoms with Crippen LogP contribution in [-0.2, 0) is 13.7 Å². The summed E-state index contributed by atoms with van der Waals surface area (Å²) in [5.74, 6) is 0.480. The number of ether oxygens (including phenoxy) is 1. The average molecular weight is 361 g/mol. The highest BCUT2D eigenvalue weighted by molar-refractivity contribution is 5.95. The number of benzene rings is 2. The normalized spacial score (nSPS) is 10.7. The largest absolute Gasteiger partial charge is 0.489 e. The lowest BCUT2D eigenvalue weighted by atomic mass is 10.2. The minimum absolute atomic E-state index is 0.289. The molecule has 1 heterocycles. The first-order valence-corrected chi connectivity index (χ1v) is 8.46. The van der Waals surface area contributed by atoms with Gasteiger partial charge in [0.15, 0.2) is 12.4 Å². The van der Waals surface area contributed by atoms with E-state index in [9.17, 15) is 4.79 Å². The fraction of sp³-hybridized carbons (Fsp3) is 0.0952. The van der Waals surface area contributed by atoms with Crippen LogP contribution >= 0.6 is 0 Å². The molecule has 0 aliphatic heterocycles. The van der Waals surface area contributed by atoms with Crippen molar-refractivity contribution in [2.75, 3.05) is 5.73 Å². The molecule has 0 aliphatic rings. The van der Waals surface area contributed by atoms with Crippen LogP contribution < -0.4 is 20.5 Å². The van der Waals surface area contributed by atoms with E-state index < -0.39 is 0 Å². The van der Waals surface area contributed by atoms with Crippen molar-refractivity contribution in [1.82, 2.24) is 5.43 Å². The molecule has 3 N–H and O–H groups in total. The van der Waals surface area contributed by atoms with Crippen molar-refractivity contribution < 1.29 is 14.1 Å². The number of nitrogens with one attached hydrogen (secondary N) is 1. The van der Waals surface area contributed by atoms with Crippen LogP contribution in [0.5, 0.6) is 5.75 Å². The lowest BCUT2D eigenvalue weighted by Gasteiger charge is -2.06. The predicted octanol–water partition coefficient (Wildman–Crippen LogP) is 2.44. The quantitative estimate of drug-likeness (QED) is 0.306. The van der Waals surface area contributed by atoms with E-state index in [1.54, 1.807) is 30.5 Å². The van der Waals surface area contributed by atoms with Crippen molar-refractivity contribution >= 4 is 17.8 Å². The van der Waals surface area contributed by atoms with Gasteiger partial charge in [0.1, 0.15) is 19.4 Å². The smallest absolute Gasteiger partial charge is 0.271 e. The first-order chi connectivity index (χ1) is 13.1. The van der Waals surface area contributed by atoms with Crippen LogP contribution in [0, 0.1) is 0 Å². The van der Waals surface area contributed by atoms with E-state index in [2.05, 4.69) is 10.5 Å². The maximum Gasteiger partial charge on any atom is 0.271 e. The van der Waals surface area contributed by atoms with Gasteiger partial charge in [0.05, 0.1) is 6.21 Å². The molecule has 3 aromatic rings. The number of aryl methyl sites for hydroxylation is 1. The second-order valence-electron chi connectivity index (χ2n) is 6.05. The zero-order chi connectivity index (χ0) is 19.1. The number of nitrogens with zero attached hydrogens (tertiary/aromatic N) is 2. The van der Waals surface area contributed by atoms with E-state index in [-0.39, 0.29) is 5.91 Å².